The molecule has 0 N–H and O–H groups in total. The van der Waals surface area contributed by atoms with Gasteiger partial charge in [-0.25, -0.2) is 0 Å². The largest absolute Gasteiger partial charge is 0.462 e. The van der Waals surface area contributed by atoms with Crippen LogP contribution in [0.15, 0.2) is 97.2 Å². The highest BCUT2D eigenvalue weighted by molar-refractivity contribution is 5.71. The Morgan fingerprint density at radius 2 is 0.487 bits per heavy atom. The van der Waals surface area contributed by atoms with Crippen molar-refractivity contribution in [2.75, 3.05) is 13.2 Å². The van der Waals surface area contributed by atoms with Crippen LogP contribution in [-0.2, 0) is 28.6 Å². The normalized spacial score (nSPS) is 12.7. The number of allylic oxidation sites excluding steroid dienone is 16. The summed E-state index contributed by atoms with van der Waals surface area (Å²) < 4.78 is 16.8. The summed E-state index contributed by atoms with van der Waals surface area (Å²) in [4.78, 5) is 38.1. The van der Waals surface area contributed by atoms with Gasteiger partial charge in [0, 0.05) is 19.3 Å². The van der Waals surface area contributed by atoms with Gasteiger partial charge in [0.25, 0.3) is 0 Å². The van der Waals surface area contributed by atoms with E-state index in [0.717, 1.165) is 122 Å². The third-order valence-corrected chi connectivity index (χ3v) is 14.8. The molecule has 0 radical (unpaired) electrons. The Kier molecular flexibility index (Phi) is 64.7. The number of unbranched alkanes of at least 4 members (excludes halogenated alkanes) is 35. The Morgan fingerprint density at radius 1 is 0.263 bits per heavy atom. The lowest BCUT2D eigenvalue weighted by atomic mass is 10.0. The van der Waals surface area contributed by atoms with E-state index in [9.17, 15) is 14.4 Å². The summed E-state index contributed by atoms with van der Waals surface area (Å²) in [5.41, 5.74) is 0. The lowest BCUT2D eigenvalue weighted by Crippen LogP contribution is -2.30. The van der Waals surface area contributed by atoms with Gasteiger partial charge in [0.1, 0.15) is 13.2 Å². The number of hydrogen-bond acceptors (Lipinski definition) is 6. The summed E-state index contributed by atoms with van der Waals surface area (Å²) in [5, 5.41) is 0. The lowest BCUT2D eigenvalue weighted by molar-refractivity contribution is -0.167. The van der Waals surface area contributed by atoms with Crippen LogP contribution in [0.1, 0.15) is 335 Å². The fourth-order valence-corrected chi connectivity index (χ4v) is 9.71. The van der Waals surface area contributed by atoms with Crippen molar-refractivity contribution < 1.29 is 28.6 Å². The molecule has 80 heavy (non-hydrogen) atoms. The molecular formula is C74H128O6. The molecule has 1 unspecified atom stereocenters. The summed E-state index contributed by atoms with van der Waals surface area (Å²) >= 11 is 0. The molecule has 0 aliphatic carbocycles. The van der Waals surface area contributed by atoms with Crippen LogP contribution in [0.4, 0.5) is 0 Å². The maximum Gasteiger partial charge on any atom is 0.306 e. The fraction of sp³-hybridized carbons (Fsp3) is 0.743. The number of carbonyl (C=O) groups is 3. The standard InChI is InChI=1S/C74H128O6/c1-4-7-10-13-16-18-20-22-24-26-28-30-32-34-36-37-39-40-42-44-46-48-50-52-54-56-58-61-64-67-73(76)79-70-71(69-78-72(75)66-63-60-15-12-9-6-3)80-74(77)68-65-62-59-57-55-53-51-49-47-45-43-41-38-35-33-31-29-27-25-23-21-19-17-14-11-8-5-2/h8,11,17,19,23,25-26,28-29,31,35,38,43,45,49,51,71H,4-7,9-10,12-16,18,20-22,24,27,30,32-34,36-37,39-42,44,46-48,50,52-70H2,1-3H3/b11-8-,19-17-,25-23-,28-26-,31-29-,38-35-,45-43-,51-49-. The number of hydrogen-bond donors (Lipinski definition) is 0. The van der Waals surface area contributed by atoms with E-state index in [1.165, 1.54) is 173 Å². The van der Waals surface area contributed by atoms with Crippen molar-refractivity contribution in [2.24, 2.45) is 0 Å². The molecule has 6 nitrogen and oxygen atoms in total. The summed E-state index contributed by atoms with van der Waals surface area (Å²) in [6, 6.07) is 0. The van der Waals surface area contributed by atoms with Crippen LogP contribution < -0.4 is 0 Å². The zero-order valence-electron chi connectivity index (χ0n) is 52.8. The molecule has 0 heterocycles. The van der Waals surface area contributed by atoms with Gasteiger partial charge in [-0.15, -0.1) is 0 Å². The van der Waals surface area contributed by atoms with Crippen molar-refractivity contribution in [1.82, 2.24) is 0 Å². The van der Waals surface area contributed by atoms with Crippen molar-refractivity contribution >= 4 is 17.9 Å². The average Bonchev–Trinajstić information content (AvgIpc) is 3.46. The molecular weight excluding hydrogens is 985 g/mol. The van der Waals surface area contributed by atoms with E-state index >= 15 is 0 Å². The quantitative estimate of drug-likeness (QED) is 0.0261. The fourth-order valence-electron chi connectivity index (χ4n) is 9.71. The monoisotopic (exact) mass is 1110 g/mol. The first-order valence-corrected chi connectivity index (χ1v) is 34.2. The molecule has 0 aromatic carbocycles. The molecule has 0 amide bonds. The van der Waals surface area contributed by atoms with Crippen LogP contribution in [0.25, 0.3) is 0 Å². The molecule has 6 heteroatoms. The summed E-state index contributed by atoms with van der Waals surface area (Å²) in [6.45, 7) is 6.48. The lowest BCUT2D eigenvalue weighted by Gasteiger charge is -2.18. The molecule has 460 valence electrons. The Labute approximate surface area is 496 Å². The minimum absolute atomic E-state index is 0.0831. The Morgan fingerprint density at radius 3 is 0.775 bits per heavy atom. The van der Waals surface area contributed by atoms with Crippen LogP contribution in [-0.4, -0.2) is 37.2 Å². The maximum atomic E-state index is 12.9. The third kappa shape index (κ3) is 65.1. The van der Waals surface area contributed by atoms with Crippen LogP contribution >= 0.6 is 0 Å². The SMILES string of the molecule is CC/C=C\C/C=C\C/C=C\C/C=C\C/C=C\C/C=C\C/C=C\CCCCCCCC(=O)OC(COC(=O)CCCCCCCC)COC(=O)CCCCCCCCCCCCCCCCCCC/C=C\CCCCCCCCCC. The van der Waals surface area contributed by atoms with Gasteiger partial charge in [0.15, 0.2) is 6.10 Å². The van der Waals surface area contributed by atoms with Crippen molar-refractivity contribution in [2.45, 2.75) is 341 Å². The van der Waals surface area contributed by atoms with Gasteiger partial charge >= 0.3 is 17.9 Å². The number of rotatable bonds is 62. The molecule has 0 spiro atoms. The molecule has 0 saturated carbocycles. The highest BCUT2D eigenvalue weighted by Gasteiger charge is 2.19. The zero-order valence-corrected chi connectivity index (χ0v) is 52.8. The Bertz CT molecular complexity index is 1560. The van der Waals surface area contributed by atoms with E-state index in [0.29, 0.717) is 19.3 Å². The van der Waals surface area contributed by atoms with Crippen LogP contribution in [0, 0.1) is 0 Å². The minimum atomic E-state index is -0.786. The minimum Gasteiger partial charge on any atom is -0.462 e. The third-order valence-electron chi connectivity index (χ3n) is 14.8. The van der Waals surface area contributed by atoms with Crippen LogP contribution in [0.2, 0.25) is 0 Å². The summed E-state index contributed by atoms with van der Waals surface area (Å²) in [7, 11) is 0. The molecule has 0 aliphatic rings. The highest BCUT2D eigenvalue weighted by atomic mass is 16.6. The van der Waals surface area contributed by atoms with Gasteiger partial charge in [-0.05, 0) is 103 Å². The molecule has 0 aromatic rings. The van der Waals surface area contributed by atoms with Crippen molar-refractivity contribution in [3.8, 4) is 0 Å². The number of ether oxygens (including phenoxy) is 3. The topological polar surface area (TPSA) is 78.9 Å². The molecule has 0 saturated heterocycles. The van der Waals surface area contributed by atoms with Crippen LogP contribution in [0.5, 0.6) is 0 Å². The molecule has 0 aliphatic heterocycles. The second kappa shape index (κ2) is 67.8. The first kappa shape index (κ1) is 76.3. The Balaban J connectivity index is 4.09. The van der Waals surface area contributed by atoms with E-state index in [4.69, 9.17) is 14.2 Å². The molecule has 1 atom stereocenters. The molecule has 0 rings (SSSR count). The zero-order chi connectivity index (χ0) is 57.8. The van der Waals surface area contributed by atoms with E-state index in [1.54, 1.807) is 0 Å². The smallest absolute Gasteiger partial charge is 0.306 e. The number of carbonyl (C=O) groups excluding carboxylic acids is 3. The van der Waals surface area contributed by atoms with Gasteiger partial charge in [0.2, 0.25) is 0 Å². The van der Waals surface area contributed by atoms with Crippen molar-refractivity contribution in [3.63, 3.8) is 0 Å². The predicted octanol–water partition coefficient (Wildman–Crippen LogP) is 23.6. The van der Waals surface area contributed by atoms with Gasteiger partial charge in [-0.3, -0.25) is 14.4 Å². The second-order valence-corrected chi connectivity index (χ2v) is 22.7. The first-order chi connectivity index (χ1) is 39.5. The van der Waals surface area contributed by atoms with Gasteiger partial charge in [-0.2, -0.15) is 0 Å². The van der Waals surface area contributed by atoms with E-state index < -0.39 is 6.10 Å². The van der Waals surface area contributed by atoms with Crippen LogP contribution in [0.3, 0.4) is 0 Å². The van der Waals surface area contributed by atoms with Crippen molar-refractivity contribution in [3.05, 3.63) is 97.2 Å². The van der Waals surface area contributed by atoms with Crippen molar-refractivity contribution in [1.29, 1.82) is 0 Å². The second-order valence-electron chi connectivity index (χ2n) is 22.7. The maximum absolute atomic E-state index is 12.9. The predicted molar refractivity (Wildman–Crippen MR) is 348 cm³/mol. The highest BCUT2D eigenvalue weighted by Crippen LogP contribution is 2.17. The summed E-state index contributed by atoms with van der Waals surface area (Å²) in [6.07, 6.45) is 91.9. The summed E-state index contributed by atoms with van der Waals surface area (Å²) in [5.74, 6) is -0.901. The Hall–Kier alpha value is -3.67. The van der Waals surface area contributed by atoms with Gasteiger partial charge in [0.05, 0.1) is 0 Å². The van der Waals surface area contributed by atoms with E-state index in [-0.39, 0.29) is 31.1 Å². The number of esters is 3. The molecule has 0 bridgehead atoms. The first-order valence-electron chi connectivity index (χ1n) is 34.2. The molecule has 0 aromatic heterocycles. The average molecular weight is 1110 g/mol. The van der Waals surface area contributed by atoms with Gasteiger partial charge < -0.3 is 14.2 Å². The molecule has 0 fully saturated rings. The van der Waals surface area contributed by atoms with E-state index in [2.05, 4.69) is 118 Å². The van der Waals surface area contributed by atoms with Gasteiger partial charge in [-0.1, -0.05) is 311 Å². The van der Waals surface area contributed by atoms with E-state index in [1.807, 2.05) is 0 Å².